The van der Waals surface area contributed by atoms with Crippen LogP contribution in [0.2, 0.25) is 0 Å². The molecule has 1 aromatic heterocycles. The van der Waals surface area contributed by atoms with E-state index in [2.05, 4.69) is 4.98 Å². The third kappa shape index (κ3) is 2.78. The van der Waals surface area contributed by atoms with Crippen molar-refractivity contribution < 1.29 is 9.53 Å². The van der Waals surface area contributed by atoms with Gasteiger partial charge in [-0.3, -0.25) is 0 Å². The van der Waals surface area contributed by atoms with E-state index >= 15 is 0 Å². The molecule has 0 amide bonds. The number of hydrogen-bond acceptors (Lipinski definition) is 5. The molecule has 4 nitrogen and oxygen atoms in total. The fourth-order valence-electron chi connectivity index (χ4n) is 0.586. The van der Waals surface area contributed by atoms with Crippen molar-refractivity contribution in [2.75, 3.05) is 12.3 Å². The van der Waals surface area contributed by atoms with Gasteiger partial charge in [-0.05, 0) is 6.92 Å². The molecule has 68 valence electrons. The summed E-state index contributed by atoms with van der Waals surface area (Å²) in [6, 6.07) is 0. The van der Waals surface area contributed by atoms with Crippen LogP contribution in [0.4, 0.5) is 5.13 Å². The van der Waals surface area contributed by atoms with Crippen LogP contribution in [0, 0.1) is 0 Å². The van der Waals surface area contributed by atoms with Gasteiger partial charge in [0, 0.05) is 5.38 Å². The minimum Gasteiger partial charge on any atom is -0.461 e. The predicted octanol–water partition coefficient (Wildman–Crippen LogP) is 1.48. The van der Waals surface area contributed by atoms with E-state index in [1.165, 1.54) is 11.3 Å². The van der Waals surface area contributed by atoms with Crippen LogP contribution in [0.1, 0.15) is 17.4 Å². The topological polar surface area (TPSA) is 65.2 Å². The Labute approximate surface area is 84.5 Å². The molecule has 2 N–H and O–H groups in total. The van der Waals surface area contributed by atoms with Crippen molar-refractivity contribution in [2.24, 2.45) is 0 Å². The molecule has 0 unspecified atom stereocenters. The lowest BCUT2D eigenvalue weighted by Gasteiger charge is -1.95. The van der Waals surface area contributed by atoms with Crippen LogP contribution in [-0.4, -0.2) is 17.6 Å². The highest BCUT2D eigenvalue weighted by Crippen LogP contribution is 2.11. The van der Waals surface area contributed by atoms with Crippen LogP contribution >= 0.6 is 28.3 Å². The first kappa shape index (κ1) is 11.4. The van der Waals surface area contributed by atoms with Gasteiger partial charge in [-0.2, -0.15) is 0 Å². The van der Waals surface area contributed by atoms with E-state index in [4.69, 9.17) is 10.5 Å². The first-order valence-electron chi connectivity index (χ1n) is 3.12. The largest absolute Gasteiger partial charge is 0.461 e. The summed E-state index contributed by atoms with van der Waals surface area (Å²) in [7, 11) is 0. The van der Waals surface area contributed by atoms with Crippen molar-refractivity contribution in [3.05, 3.63) is 11.1 Å². The highest BCUT2D eigenvalue weighted by Gasteiger charge is 2.09. The van der Waals surface area contributed by atoms with Gasteiger partial charge in [-0.1, -0.05) is 0 Å². The Balaban J connectivity index is 0.00000121. The number of rotatable bonds is 2. The number of nitrogens with zero attached hydrogens (tertiary/aromatic N) is 1. The van der Waals surface area contributed by atoms with Crippen LogP contribution in [0.5, 0.6) is 0 Å². The highest BCUT2D eigenvalue weighted by molar-refractivity contribution is 8.93. The molecule has 0 aliphatic carbocycles. The minimum atomic E-state index is -0.416. The summed E-state index contributed by atoms with van der Waals surface area (Å²) in [6.45, 7) is 2.10. The first-order chi connectivity index (χ1) is 5.24. The highest BCUT2D eigenvalue weighted by atomic mass is 79.9. The average Bonchev–Trinajstić information content (AvgIpc) is 2.36. The number of thiazole rings is 1. The Kier molecular flexibility index (Phi) is 4.84. The molecule has 0 saturated carbocycles. The summed E-state index contributed by atoms with van der Waals surface area (Å²) in [4.78, 5) is 14.7. The van der Waals surface area contributed by atoms with Crippen LogP contribution in [0.25, 0.3) is 0 Å². The second kappa shape index (κ2) is 5.10. The summed E-state index contributed by atoms with van der Waals surface area (Å²) in [5.74, 6) is -0.416. The van der Waals surface area contributed by atoms with Crippen molar-refractivity contribution in [3.63, 3.8) is 0 Å². The van der Waals surface area contributed by atoms with Gasteiger partial charge >= 0.3 is 5.97 Å². The third-order valence-electron chi connectivity index (χ3n) is 1.01. The quantitative estimate of drug-likeness (QED) is 0.811. The molecule has 0 radical (unpaired) electrons. The van der Waals surface area contributed by atoms with E-state index in [1.54, 1.807) is 12.3 Å². The number of anilines is 1. The van der Waals surface area contributed by atoms with E-state index in [1.807, 2.05) is 0 Å². The Morgan fingerprint density at radius 2 is 2.50 bits per heavy atom. The van der Waals surface area contributed by atoms with Crippen LogP contribution in [0.15, 0.2) is 5.38 Å². The molecule has 12 heavy (non-hydrogen) atoms. The number of hydrogen-bond donors (Lipinski definition) is 1. The predicted molar refractivity (Wildman–Crippen MR) is 52.8 cm³/mol. The molecule has 1 rings (SSSR count). The smallest absolute Gasteiger partial charge is 0.357 e. The molecule has 6 heteroatoms. The lowest BCUT2D eigenvalue weighted by atomic mass is 10.5. The van der Waals surface area contributed by atoms with Crippen LogP contribution in [0.3, 0.4) is 0 Å². The van der Waals surface area contributed by atoms with Crippen molar-refractivity contribution in [2.45, 2.75) is 6.92 Å². The SMILES string of the molecule is Br.CCOC(=O)c1csc(N)n1. The summed E-state index contributed by atoms with van der Waals surface area (Å²) >= 11 is 1.22. The van der Waals surface area contributed by atoms with E-state index in [9.17, 15) is 4.79 Å². The van der Waals surface area contributed by atoms with Crippen molar-refractivity contribution >= 4 is 39.4 Å². The number of esters is 1. The lowest BCUT2D eigenvalue weighted by molar-refractivity contribution is 0.0520. The maximum Gasteiger partial charge on any atom is 0.357 e. The maximum atomic E-state index is 10.9. The zero-order chi connectivity index (χ0) is 8.27. The normalized spacial score (nSPS) is 8.75. The molecule has 0 aliphatic heterocycles. The van der Waals surface area contributed by atoms with E-state index in [0.29, 0.717) is 11.7 Å². The number of nitrogens with two attached hydrogens (primary N) is 1. The Bertz CT molecular complexity index is 264. The van der Waals surface area contributed by atoms with Crippen LogP contribution in [-0.2, 0) is 4.74 Å². The molecule has 1 aromatic rings. The van der Waals surface area contributed by atoms with Crippen molar-refractivity contribution in [1.29, 1.82) is 0 Å². The number of halogens is 1. The number of ether oxygens (including phenoxy) is 1. The molecule has 0 fully saturated rings. The number of nitrogen functional groups attached to an aromatic ring is 1. The summed E-state index contributed by atoms with van der Waals surface area (Å²) in [6.07, 6.45) is 0. The number of carbonyl (C=O) groups is 1. The fraction of sp³-hybridized carbons (Fsp3) is 0.333. The average molecular weight is 253 g/mol. The fourth-order valence-corrected chi connectivity index (χ4v) is 1.12. The molecule has 0 saturated heterocycles. The van der Waals surface area contributed by atoms with E-state index in [0.717, 1.165) is 0 Å². The molecule has 1 heterocycles. The maximum absolute atomic E-state index is 10.9. The standard InChI is InChI=1S/C6H8N2O2S.BrH/c1-2-10-5(9)4-3-11-6(7)8-4;/h3H,2H2,1H3,(H2,7,8);1H. The van der Waals surface area contributed by atoms with Gasteiger partial charge in [0.05, 0.1) is 6.61 Å². The van der Waals surface area contributed by atoms with Gasteiger partial charge in [0.25, 0.3) is 0 Å². The lowest BCUT2D eigenvalue weighted by Crippen LogP contribution is -2.04. The van der Waals surface area contributed by atoms with Gasteiger partial charge in [0.1, 0.15) is 0 Å². The van der Waals surface area contributed by atoms with Gasteiger partial charge in [-0.15, -0.1) is 28.3 Å². The van der Waals surface area contributed by atoms with Gasteiger partial charge in [0.15, 0.2) is 10.8 Å². The third-order valence-corrected chi connectivity index (χ3v) is 1.68. The molecule has 0 aliphatic rings. The Hall–Kier alpha value is -0.620. The van der Waals surface area contributed by atoms with Gasteiger partial charge < -0.3 is 10.5 Å². The van der Waals surface area contributed by atoms with Gasteiger partial charge in [-0.25, -0.2) is 9.78 Å². The second-order valence-corrected chi connectivity index (χ2v) is 2.68. The Morgan fingerprint density at radius 3 is 2.92 bits per heavy atom. The van der Waals surface area contributed by atoms with E-state index < -0.39 is 5.97 Å². The monoisotopic (exact) mass is 252 g/mol. The minimum absolute atomic E-state index is 0. The molecular weight excluding hydrogens is 244 g/mol. The second-order valence-electron chi connectivity index (χ2n) is 1.79. The van der Waals surface area contributed by atoms with E-state index in [-0.39, 0.29) is 22.7 Å². The van der Waals surface area contributed by atoms with Gasteiger partial charge in [0.2, 0.25) is 0 Å². The van der Waals surface area contributed by atoms with Crippen LogP contribution < -0.4 is 5.73 Å². The molecule has 0 spiro atoms. The zero-order valence-electron chi connectivity index (χ0n) is 6.44. The molecule has 0 atom stereocenters. The molecule has 0 aromatic carbocycles. The molecular formula is C6H9BrN2O2S. The zero-order valence-corrected chi connectivity index (χ0v) is 8.97. The number of carbonyl (C=O) groups excluding carboxylic acids is 1. The summed E-state index contributed by atoms with van der Waals surface area (Å²) < 4.78 is 4.69. The van der Waals surface area contributed by atoms with Crippen molar-refractivity contribution in [1.82, 2.24) is 4.98 Å². The van der Waals surface area contributed by atoms with Crippen molar-refractivity contribution in [3.8, 4) is 0 Å². The summed E-state index contributed by atoms with van der Waals surface area (Å²) in [5, 5.41) is 1.96. The number of aromatic nitrogens is 1. The molecule has 0 bridgehead atoms. The first-order valence-corrected chi connectivity index (χ1v) is 4.00. The Morgan fingerprint density at radius 1 is 1.83 bits per heavy atom. The summed E-state index contributed by atoms with van der Waals surface area (Å²) in [5.41, 5.74) is 5.60.